The lowest BCUT2D eigenvalue weighted by Gasteiger charge is -2.06. The summed E-state index contributed by atoms with van der Waals surface area (Å²) in [7, 11) is 0. The van der Waals surface area contributed by atoms with Crippen LogP contribution in [0.15, 0.2) is 34.3 Å². The number of aromatic hydroxyl groups is 1. The van der Waals surface area contributed by atoms with Gasteiger partial charge >= 0.3 is 5.97 Å². The Labute approximate surface area is 164 Å². The predicted octanol–water partition coefficient (Wildman–Crippen LogP) is 1.59. The second kappa shape index (κ2) is 12.4. The first-order valence-corrected chi connectivity index (χ1v) is 9.50. The first-order valence-electron chi connectivity index (χ1n) is 9.50. The number of phenols is 1. The number of nitrogens with zero attached hydrogens (tertiary/aromatic N) is 2. The van der Waals surface area contributed by atoms with E-state index in [4.69, 9.17) is 19.7 Å². The number of ether oxygens (including phenoxy) is 2. The Kier molecular flexibility index (Phi) is 9.46. The van der Waals surface area contributed by atoms with Gasteiger partial charge in [0.05, 0.1) is 13.1 Å². The Balaban J connectivity index is 0.000000237. The molecule has 0 saturated carbocycles. The van der Waals surface area contributed by atoms with E-state index >= 15 is 0 Å². The molecule has 0 radical (unpaired) electrons. The van der Waals surface area contributed by atoms with Gasteiger partial charge in [-0.3, -0.25) is 0 Å². The minimum atomic E-state index is -1.11. The van der Waals surface area contributed by atoms with Crippen molar-refractivity contribution in [2.24, 2.45) is 9.98 Å². The van der Waals surface area contributed by atoms with E-state index in [0.29, 0.717) is 12.0 Å². The number of nitrogens with one attached hydrogen (secondary N) is 2. The maximum absolute atomic E-state index is 10.3. The first kappa shape index (κ1) is 21.3. The maximum atomic E-state index is 10.3. The lowest BCUT2D eigenvalue weighted by Crippen LogP contribution is -2.25. The maximum Gasteiger partial charge on any atom is 0.339 e. The van der Waals surface area contributed by atoms with Gasteiger partial charge in [-0.1, -0.05) is 25.0 Å². The quantitative estimate of drug-likeness (QED) is 0.495. The van der Waals surface area contributed by atoms with Crippen molar-refractivity contribution in [1.82, 2.24) is 10.6 Å². The van der Waals surface area contributed by atoms with Crippen LogP contribution in [0.4, 0.5) is 0 Å². The molecule has 0 bridgehead atoms. The molecule has 1 aromatic carbocycles. The van der Waals surface area contributed by atoms with E-state index in [1.54, 1.807) is 12.1 Å². The van der Waals surface area contributed by atoms with Crippen molar-refractivity contribution in [2.45, 2.75) is 25.7 Å². The van der Waals surface area contributed by atoms with Crippen molar-refractivity contribution >= 4 is 18.0 Å². The fraction of sp³-hybridized carbons (Fsp3) is 0.526. The van der Waals surface area contributed by atoms with Crippen LogP contribution >= 0.6 is 0 Å². The molecule has 9 heteroatoms. The molecule has 2 aliphatic heterocycles. The van der Waals surface area contributed by atoms with Gasteiger partial charge in [0.1, 0.15) is 24.5 Å². The van der Waals surface area contributed by atoms with Crippen molar-refractivity contribution in [1.29, 1.82) is 0 Å². The molecular weight excluding hydrogens is 364 g/mol. The van der Waals surface area contributed by atoms with Crippen molar-refractivity contribution < 1.29 is 24.5 Å². The topological polar surface area (TPSA) is 125 Å². The van der Waals surface area contributed by atoms with E-state index in [9.17, 15) is 4.79 Å². The summed E-state index contributed by atoms with van der Waals surface area (Å²) in [6.45, 7) is 4.92. The summed E-state index contributed by atoms with van der Waals surface area (Å²) in [5.74, 6) is -1.31. The normalized spacial score (nSPS) is 14.7. The van der Waals surface area contributed by atoms with E-state index in [0.717, 1.165) is 52.2 Å². The highest BCUT2D eigenvalue weighted by Gasteiger charge is 2.07. The molecule has 0 saturated heterocycles. The van der Waals surface area contributed by atoms with Crippen LogP contribution in [0.2, 0.25) is 0 Å². The molecule has 0 unspecified atom stereocenters. The van der Waals surface area contributed by atoms with Gasteiger partial charge < -0.3 is 30.3 Å². The molecule has 0 atom stereocenters. The molecule has 0 aromatic heterocycles. The van der Waals surface area contributed by atoms with Crippen molar-refractivity contribution in [2.75, 3.05) is 39.4 Å². The highest BCUT2D eigenvalue weighted by molar-refractivity contribution is 5.90. The Morgan fingerprint density at radius 3 is 1.86 bits per heavy atom. The summed E-state index contributed by atoms with van der Waals surface area (Å²) in [5.41, 5.74) is -0.0671. The van der Waals surface area contributed by atoms with Gasteiger partial charge in [-0.05, 0) is 25.0 Å². The average Bonchev–Trinajstić information content (AvgIpc) is 3.38. The molecule has 0 spiro atoms. The molecule has 28 heavy (non-hydrogen) atoms. The number of para-hydroxylation sites is 1. The van der Waals surface area contributed by atoms with Gasteiger partial charge in [-0.2, -0.15) is 0 Å². The number of carbonyl (C=O) groups is 1. The highest BCUT2D eigenvalue weighted by Crippen LogP contribution is 2.14. The van der Waals surface area contributed by atoms with Crippen molar-refractivity contribution in [3.05, 3.63) is 29.8 Å². The first-order chi connectivity index (χ1) is 13.7. The van der Waals surface area contributed by atoms with E-state index < -0.39 is 5.97 Å². The van der Waals surface area contributed by atoms with Crippen molar-refractivity contribution in [3.63, 3.8) is 0 Å². The summed E-state index contributed by atoms with van der Waals surface area (Å²) in [6, 6.07) is 7.24. The second-order valence-electron chi connectivity index (χ2n) is 6.16. The summed E-state index contributed by atoms with van der Waals surface area (Å²) in [5, 5.41) is 23.7. The third kappa shape index (κ3) is 8.15. The number of carboxylic acid groups (broad SMARTS) is 1. The van der Waals surface area contributed by atoms with E-state index in [2.05, 4.69) is 20.6 Å². The van der Waals surface area contributed by atoms with Crippen LogP contribution in [0.25, 0.3) is 0 Å². The van der Waals surface area contributed by atoms with Gasteiger partial charge in [0, 0.05) is 13.1 Å². The van der Waals surface area contributed by atoms with Gasteiger partial charge in [0.2, 0.25) is 0 Å². The minimum Gasteiger partial charge on any atom is -0.507 e. The second-order valence-corrected chi connectivity index (χ2v) is 6.16. The number of hydrogen-bond donors (Lipinski definition) is 4. The standard InChI is InChI=1S/C12H22N4O2.C7H6O3/c1(3-5-13-11-15-7-9-17-11)2-4-6-14-12-16-8-10-18-12;8-6-4-2-1-3-5(6)7(9)10/h1-10H2,(H,13,15)(H,14,16);1-4,8H,(H,9,10). The molecule has 1 aromatic rings. The summed E-state index contributed by atoms with van der Waals surface area (Å²) < 4.78 is 10.5. The predicted molar refractivity (Wildman–Crippen MR) is 106 cm³/mol. The minimum absolute atomic E-state index is 0.0671. The lowest BCUT2D eigenvalue weighted by molar-refractivity contribution is 0.0693. The SMILES string of the molecule is C(CCCNC1=NCCO1)CCNC1=NCCO1.O=C(O)c1ccccc1O. The van der Waals surface area contributed by atoms with Gasteiger partial charge in [-0.25, -0.2) is 14.8 Å². The van der Waals surface area contributed by atoms with Crippen LogP contribution < -0.4 is 10.6 Å². The third-order valence-electron chi connectivity index (χ3n) is 3.96. The number of rotatable bonds is 8. The fourth-order valence-electron chi connectivity index (χ4n) is 2.53. The number of aliphatic imine (C=N–C) groups is 2. The van der Waals surface area contributed by atoms with Crippen LogP contribution in [0.1, 0.15) is 36.0 Å². The molecule has 0 amide bonds. The molecule has 2 aliphatic rings. The zero-order chi connectivity index (χ0) is 20.0. The van der Waals surface area contributed by atoms with Crippen molar-refractivity contribution in [3.8, 4) is 5.75 Å². The van der Waals surface area contributed by atoms with Crippen LogP contribution in [0, 0.1) is 0 Å². The van der Waals surface area contributed by atoms with E-state index in [1.807, 2.05) is 0 Å². The zero-order valence-corrected chi connectivity index (χ0v) is 15.9. The lowest BCUT2D eigenvalue weighted by atomic mass is 10.2. The average molecular weight is 392 g/mol. The fourth-order valence-corrected chi connectivity index (χ4v) is 2.53. The monoisotopic (exact) mass is 392 g/mol. The van der Waals surface area contributed by atoms with Crippen LogP contribution in [0.5, 0.6) is 5.75 Å². The summed E-state index contributed by atoms with van der Waals surface area (Å²) in [6.07, 6.45) is 4.74. The number of amidine groups is 2. The number of carboxylic acids is 1. The Hall–Kier alpha value is -2.97. The molecule has 154 valence electrons. The van der Waals surface area contributed by atoms with Crippen LogP contribution in [-0.4, -0.2) is 67.6 Å². The molecule has 9 nitrogen and oxygen atoms in total. The highest BCUT2D eigenvalue weighted by atomic mass is 16.5. The van der Waals surface area contributed by atoms with E-state index in [-0.39, 0.29) is 11.3 Å². The van der Waals surface area contributed by atoms with Gasteiger partial charge in [0.15, 0.2) is 0 Å². The Morgan fingerprint density at radius 2 is 1.46 bits per heavy atom. The largest absolute Gasteiger partial charge is 0.507 e. The zero-order valence-electron chi connectivity index (χ0n) is 15.9. The van der Waals surface area contributed by atoms with Gasteiger partial charge in [-0.15, -0.1) is 0 Å². The number of benzene rings is 1. The summed E-state index contributed by atoms with van der Waals surface area (Å²) in [4.78, 5) is 18.6. The molecular formula is C19H28N4O5. The summed E-state index contributed by atoms with van der Waals surface area (Å²) >= 11 is 0. The molecule has 4 N–H and O–H groups in total. The number of hydrogen-bond acceptors (Lipinski definition) is 8. The molecule has 3 rings (SSSR count). The molecule has 2 heterocycles. The third-order valence-corrected chi connectivity index (χ3v) is 3.96. The number of unbranched alkanes of at least 4 members (excludes halogenated alkanes) is 3. The number of aromatic carboxylic acids is 1. The molecule has 0 fully saturated rings. The van der Waals surface area contributed by atoms with Crippen LogP contribution in [0.3, 0.4) is 0 Å². The Bertz CT molecular complexity index is 648. The molecule has 0 aliphatic carbocycles. The van der Waals surface area contributed by atoms with Crippen LogP contribution in [-0.2, 0) is 9.47 Å². The smallest absolute Gasteiger partial charge is 0.339 e. The van der Waals surface area contributed by atoms with E-state index in [1.165, 1.54) is 25.0 Å². The van der Waals surface area contributed by atoms with Gasteiger partial charge in [0.25, 0.3) is 12.0 Å². The Morgan fingerprint density at radius 1 is 0.929 bits per heavy atom.